The molecule has 0 radical (unpaired) electrons. The summed E-state index contributed by atoms with van der Waals surface area (Å²) in [5.41, 5.74) is -2.60. The van der Waals surface area contributed by atoms with Crippen LogP contribution in [0.3, 0.4) is 0 Å². The van der Waals surface area contributed by atoms with Gasteiger partial charge in [-0.2, -0.15) is 26.3 Å². The molecule has 13 heteroatoms. The summed E-state index contributed by atoms with van der Waals surface area (Å²) in [6.07, 6.45) is -7.96. The molecule has 0 aliphatic rings. The van der Waals surface area contributed by atoms with Gasteiger partial charge in [-0.1, -0.05) is 0 Å². The summed E-state index contributed by atoms with van der Waals surface area (Å²) in [6, 6.07) is 1.40. The number of imidazole rings is 1. The lowest BCUT2D eigenvalue weighted by molar-refractivity contribution is -0.141. The van der Waals surface area contributed by atoms with E-state index >= 15 is 0 Å². The van der Waals surface area contributed by atoms with Crippen LogP contribution in [0, 0.1) is 0 Å². The number of alkyl halides is 6. The summed E-state index contributed by atoms with van der Waals surface area (Å²) in [4.78, 5) is 10.9. The van der Waals surface area contributed by atoms with E-state index in [0.717, 1.165) is 6.33 Å². The van der Waals surface area contributed by atoms with Gasteiger partial charge in [0.2, 0.25) is 0 Å². The predicted molar refractivity (Wildman–Crippen MR) is 90.9 cm³/mol. The first kappa shape index (κ1) is 20.9. The van der Waals surface area contributed by atoms with Crippen molar-refractivity contribution in [3.63, 3.8) is 0 Å². The predicted octanol–water partition coefficient (Wildman–Crippen LogP) is 4.72. The van der Waals surface area contributed by atoms with Crippen molar-refractivity contribution in [3.8, 4) is 11.4 Å². The van der Waals surface area contributed by atoms with Crippen LogP contribution in [0.15, 0.2) is 34.2 Å². The SMILES string of the molecule is CC[S+]([O-])c1cc(C(F)(F)F)cnc1-c1nc2cc(C(F)(F)F)ncn2c1Br. The minimum Gasteiger partial charge on any atom is -0.611 e. The Labute approximate surface area is 165 Å². The second-order valence-corrected chi connectivity index (χ2v) is 7.91. The monoisotopic (exact) mass is 486 g/mol. The maximum atomic E-state index is 13.0. The van der Waals surface area contributed by atoms with Crippen molar-refractivity contribution < 1.29 is 30.9 Å². The number of fused-ring (bicyclic) bond motifs is 1. The van der Waals surface area contributed by atoms with Crippen molar-refractivity contribution in [2.24, 2.45) is 0 Å². The van der Waals surface area contributed by atoms with Gasteiger partial charge in [0, 0.05) is 18.3 Å². The number of rotatable bonds is 3. The molecule has 3 rings (SSSR count). The van der Waals surface area contributed by atoms with Crippen LogP contribution in [-0.2, 0) is 23.5 Å². The van der Waals surface area contributed by atoms with E-state index in [2.05, 4.69) is 30.9 Å². The molecular formula is C15H9BrF6N4OS. The zero-order chi connectivity index (χ0) is 20.9. The molecule has 0 bridgehead atoms. The molecule has 0 amide bonds. The Morgan fingerprint density at radius 2 is 1.75 bits per heavy atom. The quantitative estimate of drug-likeness (QED) is 0.396. The van der Waals surface area contributed by atoms with Gasteiger partial charge < -0.3 is 4.55 Å². The third-order valence-corrected chi connectivity index (χ3v) is 5.74. The molecule has 0 spiro atoms. The zero-order valence-corrected chi connectivity index (χ0v) is 16.2. The highest BCUT2D eigenvalue weighted by molar-refractivity contribution is 9.10. The van der Waals surface area contributed by atoms with Gasteiger partial charge in [-0.3, -0.25) is 4.40 Å². The normalized spacial score (nSPS) is 13.9. The van der Waals surface area contributed by atoms with Gasteiger partial charge in [0.15, 0.2) is 4.90 Å². The lowest BCUT2D eigenvalue weighted by atomic mass is 10.2. The number of nitrogens with zero attached hydrogens (tertiary/aromatic N) is 4. The minimum absolute atomic E-state index is 0.0146. The van der Waals surface area contributed by atoms with E-state index in [1.54, 1.807) is 0 Å². The lowest BCUT2D eigenvalue weighted by Crippen LogP contribution is -2.12. The van der Waals surface area contributed by atoms with Gasteiger partial charge in [0.1, 0.15) is 39.4 Å². The van der Waals surface area contributed by atoms with Gasteiger partial charge in [0.25, 0.3) is 0 Å². The molecule has 3 aromatic heterocycles. The Balaban J connectivity index is 2.22. The van der Waals surface area contributed by atoms with Gasteiger partial charge in [0.05, 0.1) is 5.56 Å². The first-order valence-corrected chi connectivity index (χ1v) is 9.61. The van der Waals surface area contributed by atoms with Crippen LogP contribution >= 0.6 is 15.9 Å². The van der Waals surface area contributed by atoms with Crippen molar-refractivity contribution in [2.45, 2.75) is 24.2 Å². The molecule has 1 atom stereocenters. The minimum atomic E-state index is -4.69. The highest BCUT2D eigenvalue weighted by Gasteiger charge is 2.35. The van der Waals surface area contributed by atoms with Crippen LogP contribution in [0.4, 0.5) is 26.3 Å². The maximum Gasteiger partial charge on any atom is 0.433 e. The summed E-state index contributed by atoms with van der Waals surface area (Å²) >= 11 is 1.32. The standard InChI is InChI=1S/C15H9BrF6N4OS/c1-2-28(27)8-3-7(14(17,18)19)5-23-11(8)12-13(16)26-6-24-9(15(20,21)22)4-10(26)25-12/h3-6H,2H2,1H3. The van der Waals surface area contributed by atoms with E-state index in [-0.39, 0.29) is 32.3 Å². The largest absolute Gasteiger partial charge is 0.611 e. The summed E-state index contributed by atoms with van der Waals surface area (Å²) in [5.74, 6) is 0.0146. The molecule has 0 saturated heterocycles. The molecule has 0 aliphatic heterocycles. The van der Waals surface area contributed by atoms with Crippen molar-refractivity contribution in [2.75, 3.05) is 5.75 Å². The fourth-order valence-corrected chi connectivity index (χ4v) is 3.82. The molecule has 0 aromatic carbocycles. The first-order chi connectivity index (χ1) is 12.9. The molecule has 0 fully saturated rings. The third-order valence-electron chi connectivity index (χ3n) is 3.66. The van der Waals surface area contributed by atoms with Crippen LogP contribution < -0.4 is 0 Å². The molecule has 28 heavy (non-hydrogen) atoms. The molecule has 0 aliphatic carbocycles. The number of halogens is 7. The topological polar surface area (TPSA) is 66.1 Å². The van der Waals surface area contributed by atoms with E-state index < -0.39 is 34.8 Å². The van der Waals surface area contributed by atoms with Crippen LogP contribution in [0.2, 0.25) is 0 Å². The van der Waals surface area contributed by atoms with Crippen molar-refractivity contribution in [3.05, 3.63) is 40.5 Å². The zero-order valence-electron chi connectivity index (χ0n) is 13.8. The third kappa shape index (κ3) is 3.82. The molecule has 3 heterocycles. The van der Waals surface area contributed by atoms with Crippen LogP contribution in [0.1, 0.15) is 18.2 Å². The Hall–Kier alpha value is -1.86. The smallest absolute Gasteiger partial charge is 0.433 e. The maximum absolute atomic E-state index is 13.0. The van der Waals surface area contributed by atoms with Crippen molar-refractivity contribution >= 4 is 32.8 Å². The Morgan fingerprint density at radius 1 is 1.07 bits per heavy atom. The molecule has 1 unspecified atom stereocenters. The van der Waals surface area contributed by atoms with E-state index in [1.165, 1.54) is 11.3 Å². The van der Waals surface area contributed by atoms with Crippen LogP contribution in [0.25, 0.3) is 17.0 Å². The van der Waals surface area contributed by atoms with Gasteiger partial charge in [-0.15, -0.1) is 0 Å². The Bertz CT molecular complexity index is 1040. The van der Waals surface area contributed by atoms with E-state index in [0.29, 0.717) is 18.3 Å². The lowest BCUT2D eigenvalue weighted by Gasteiger charge is -2.14. The number of aromatic nitrogens is 4. The molecular weight excluding hydrogens is 478 g/mol. The van der Waals surface area contributed by atoms with E-state index in [1.807, 2.05) is 0 Å². The molecule has 0 N–H and O–H groups in total. The number of pyridine rings is 1. The van der Waals surface area contributed by atoms with Crippen LogP contribution in [0.5, 0.6) is 0 Å². The van der Waals surface area contributed by atoms with E-state index in [4.69, 9.17) is 0 Å². The van der Waals surface area contributed by atoms with Gasteiger partial charge in [-0.05, 0) is 34.0 Å². The average Bonchev–Trinajstić information content (AvgIpc) is 2.95. The molecule has 3 aromatic rings. The summed E-state index contributed by atoms with van der Waals surface area (Å²) in [7, 11) is 0. The van der Waals surface area contributed by atoms with Gasteiger partial charge >= 0.3 is 12.4 Å². The number of hydrogen-bond donors (Lipinski definition) is 0. The first-order valence-electron chi connectivity index (χ1n) is 7.50. The second kappa shape index (κ2) is 7.19. The Morgan fingerprint density at radius 3 is 2.32 bits per heavy atom. The van der Waals surface area contributed by atoms with E-state index in [9.17, 15) is 30.9 Å². The molecule has 5 nitrogen and oxygen atoms in total. The Kier molecular flexibility index (Phi) is 5.36. The highest BCUT2D eigenvalue weighted by Crippen LogP contribution is 2.37. The summed E-state index contributed by atoms with van der Waals surface area (Å²) in [6.45, 7) is 1.51. The fourth-order valence-electron chi connectivity index (χ4n) is 2.33. The number of hydrogen-bond acceptors (Lipinski definition) is 4. The summed E-state index contributed by atoms with van der Waals surface area (Å²) < 4.78 is 91.1. The second-order valence-electron chi connectivity index (χ2n) is 5.45. The van der Waals surface area contributed by atoms with Crippen LogP contribution in [-0.4, -0.2) is 29.7 Å². The highest BCUT2D eigenvalue weighted by atomic mass is 79.9. The average molecular weight is 487 g/mol. The molecule has 0 saturated carbocycles. The molecule has 150 valence electrons. The van der Waals surface area contributed by atoms with Gasteiger partial charge in [-0.25, -0.2) is 15.0 Å². The van der Waals surface area contributed by atoms with Crippen molar-refractivity contribution in [1.82, 2.24) is 19.4 Å². The summed E-state index contributed by atoms with van der Waals surface area (Å²) in [5, 5.41) is 0. The fraction of sp³-hybridized carbons (Fsp3) is 0.267. The van der Waals surface area contributed by atoms with Crippen molar-refractivity contribution in [1.29, 1.82) is 0 Å².